The Morgan fingerprint density at radius 1 is 1.05 bits per heavy atom. The Labute approximate surface area is 132 Å². The smallest absolute Gasteiger partial charge is 0.223 e. The molecule has 0 saturated carbocycles. The Bertz CT molecular complexity index is 522. The summed E-state index contributed by atoms with van der Waals surface area (Å²) in [6.07, 6.45) is 1.47. The first-order valence-corrected chi connectivity index (χ1v) is 9.85. The van der Waals surface area contributed by atoms with Gasteiger partial charge in [-0.2, -0.15) is 0 Å². The van der Waals surface area contributed by atoms with Crippen molar-refractivity contribution in [3.63, 3.8) is 0 Å². The SMILES string of the molecule is CC(C)CC(=O)N1CCN(C(=O)CC2CCS(=O)(=O)C2)CC1. The fourth-order valence-electron chi connectivity index (χ4n) is 3.09. The van der Waals surface area contributed by atoms with Crippen LogP contribution in [0.3, 0.4) is 0 Å². The molecule has 0 spiro atoms. The van der Waals surface area contributed by atoms with Crippen LogP contribution in [0.15, 0.2) is 0 Å². The van der Waals surface area contributed by atoms with E-state index in [1.54, 1.807) is 4.90 Å². The van der Waals surface area contributed by atoms with Gasteiger partial charge in [0.15, 0.2) is 9.84 Å². The van der Waals surface area contributed by atoms with E-state index in [1.807, 2.05) is 18.7 Å². The summed E-state index contributed by atoms with van der Waals surface area (Å²) in [5, 5.41) is 0. The fraction of sp³-hybridized carbons (Fsp3) is 0.867. The van der Waals surface area contributed by atoms with Crippen molar-refractivity contribution in [3.8, 4) is 0 Å². The molecule has 22 heavy (non-hydrogen) atoms. The van der Waals surface area contributed by atoms with Crippen LogP contribution in [0, 0.1) is 11.8 Å². The first-order chi connectivity index (χ1) is 10.3. The third-order valence-electron chi connectivity index (χ3n) is 4.36. The summed E-state index contributed by atoms with van der Waals surface area (Å²) in [5.74, 6) is 0.852. The molecule has 0 bridgehead atoms. The molecule has 0 aromatic carbocycles. The van der Waals surface area contributed by atoms with Crippen LogP contribution in [0.5, 0.6) is 0 Å². The lowest BCUT2D eigenvalue weighted by Gasteiger charge is -2.35. The predicted octanol–water partition coefficient (Wildman–Crippen LogP) is 0.528. The van der Waals surface area contributed by atoms with Crippen LogP contribution in [0.25, 0.3) is 0 Å². The number of amides is 2. The summed E-state index contributed by atoms with van der Waals surface area (Å²) in [6, 6.07) is 0. The zero-order valence-corrected chi connectivity index (χ0v) is 14.3. The maximum atomic E-state index is 12.2. The number of rotatable bonds is 4. The summed E-state index contributed by atoms with van der Waals surface area (Å²) in [6.45, 7) is 6.32. The molecule has 2 aliphatic rings. The number of carbonyl (C=O) groups excluding carboxylic acids is 2. The van der Waals surface area contributed by atoms with E-state index in [0.717, 1.165) is 0 Å². The summed E-state index contributed by atoms with van der Waals surface area (Å²) >= 11 is 0. The second kappa shape index (κ2) is 6.98. The summed E-state index contributed by atoms with van der Waals surface area (Å²) < 4.78 is 22.9. The van der Waals surface area contributed by atoms with Crippen LogP contribution in [0.2, 0.25) is 0 Å². The Morgan fingerprint density at radius 3 is 2.05 bits per heavy atom. The minimum absolute atomic E-state index is 0.0260. The first-order valence-electron chi connectivity index (χ1n) is 8.03. The second-order valence-corrected chi connectivity index (χ2v) is 9.06. The van der Waals surface area contributed by atoms with Gasteiger partial charge in [0.1, 0.15) is 0 Å². The molecule has 0 aromatic rings. The van der Waals surface area contributed by atoms with Gasteiger partial charge in [0.25, 0.3) is 0 Å². The number of hydrogen-bond acceptors (Lipinski definition) is 4. The molecule has 1 atom stereocenters. The molecule has 0 N–H and O–H groups in total. The zero-order chi connectivity index (χ0) is 16.3. The van der Waals surface area contributed by atoms with Crippen molar-refractivity contribution in [1.29, 1.82) is 0 Å². The van der Waals surface area contributed by atoms with Crippen LogP contribution in [0.1, 0.15) is 33.1 Å². The van der Waals surface area contributed by atoms with Crippen molar-refractivity contribution >= 4 is 21.7 Å². The Morgan fingerprint density at radius 2 is 1.59 bits per heavy atom. The van der Waals surface area contributed by atoms with Crippen molar-refractivity contribution in [1.82, 2.24) is 9.80 Å². The maximum Gasteiger partial charge on any atom is 0.223 e. The van der Waals surface area contributed by atoms with Crippen LogP contribution in [-0.2, 0) is 19.4 Å². The number of sulfone groups is 1. The van der Waals surface area contributed by atoms with Gasteiger partial charge in [0.05, 0.1) is 11.5 Å². The lowest BCUT2D eigenvalue weighted by molar-refractivity contribution is -0.140. The molecule has 126 valence electrons. The number of carbonyl (C=O) groups is 2. The average Bonchev–Trinajstić information content (AvgIpc) is 2.77. The van der Waals surface area contributed by atoms with E-state index in [-0.39, 0.29) is 29.2 Å². The van der Waals surface area contributed by atoms with E-state index in [1.165, 1.54) is 0 Å². The molecular formula is C15H26N2O4S. The highest BCUT2D eigenvalue weighted by Crippen LogP contribution is 2.22. The molecule has 6 nitrogen and oxygen atoms in total. The monoisotopic (exact) mass is 330 g/mol. The molecule has 2 amide bonds. The number of hydrogen-bond donors (Lipinski definition) is 0. The van der Waals surface area contributed by atoms with Crippen LogP contribution >= 0.6 is 0 Å². The van der Waals surface area contributed by atoms with Crippen LogP contribution in [0.4, 0.5) is 0 Å². The van der Waals surface area contributed by atoms with E-state index >= 15 is 0 Å². The second-order valence-electron chi connectivity index (χ2n) is 6.83. The number of nitrogens with zero attached hydrogens (tertiary/aromatic N) is 2. The van der Waals surface area contributed by atoms with E-state index < -0.39 is 9.84 Å². The Balaban J connectivity index is 1.77. The van der Waals surface area contributed by atoms with E-state index in [4.69, 9.17) is 0 Å². The van der Waals surface area contributed by atoms with Gasteiger partial charge in [-0.1, -0.05) is 13.8 Å². The van der Waals surface area contributed by atoms with Crippen LogP contribution < -0.4 is 0 Å². The van der Waals surface area contributed by atoms with Crippen LogP contribution in [-0.4, -0.2) is 67.7 Å². The highest BCUT2D eigenvalue weighted by atomic mass is 32.2. The van der Waals surface area contributed by atoms with Gasteiger partial charge in [-0.05, 0) is 18.3 Å². The van der Waals surface area contributed by atoms with Crippen molar-refractivity contribution in [3.05, 3.63) is 0 Å². The third-order valence-corrected chi connectivity index (χ3v) is 6.19. The van der Waals surface area contributed by atoms with E-state index in [9.17, 15) is 18.0 Å². The van der Waals surface area contributed by atoms with Crippen molar-refractivity contribution in [2.45, 2.75) is 33.1 Å². The van der Waals surface area contributed by atoms with E-state index in [2.05, 4.69) is 0 Å². The molecule has 1 unspecified atom stereocenters. The quantitative estimate of drug-likeness (QED) is 0.753. The summed E-state index contributed by atoms with van der Waals surface area (Å²) in [7, 11) is -2.93. The summed E-state index contributed by atoms with van der Waals surface area (Å²) in [5.41, 5.74) is 0. The van der Waals surface area contributed by atoms with Gasteiger partial charge in [-0.15, -0.1) is 0 Å². The zero-order valence-electron chi connectivity index (χ0n) is 13.5. The maximum absolute atomic E-state index is 12.2. The fourth-order valence-corrected chi connectivity index (χ4v) is 4.95. The molecule has 2 rings (SSSR count). The molecule has 0 aromatic heterocycles. The highest BCUT2D eigenvalue weighted by Gasteiger charge is 2.32. The van der Waals surface area contributed by atoms with Gasteiger partial charge >= 0.3 is 0 Å². The molecule has 2 fully saturated rings. The molecule has 0 aliphatic carbocycles. The lowest BCUT2D eigenvalue weighted by Crippen LogP contribution is -2.51. The topological polar surface area (TPSA) is 74.8 Å². The lowest BCUT2D eigenvalue weighted by atomic mass is 10.0. The van der Waals surface area contributed by atoms with Gasteiger partial charge in [0.2, 0.25) is 11.8 Å². The molecular weight excluding hydrogens is 304 g/mol. The van der Waals surface area contributed by atoms with Crippen molar-refractivity contribution < 1.29 is 18.0 Å². The van der Waals surface area contributed by atoms with Gasteiger partial charge in [-0.25, -0.2) is 8.42 Å². The van der Waals surface area contributed by atoms with Gasteiger partial charge in [-0.3, -0.25) is 9.59 Å². The third kappa shape index (κ3) is 4.69. The van der Waals surface area contributed by atoms with Crippen molar-refractivity contribution in [2.24, 2.45) is 11.8 Å². The average molecular weight is 330 g/mol. The standard InChI is InChI=1S/C15H26N2O4S/c1-12(2)9-14(18)16-4-6-17(7-5-16)15(19)10-13-3-8-22(20,21)11-13/h12-13H,3-11H2,1-2H3. The highest BCUT2D eigenvalue weighted by molar-refractivity contribution is 7.91. The normalized spacial score (nSPS) is 24.8. The minimum Gasteiger partial charge on any atom is -0.339 e. The largest absolute Gasteiger partial charge is 0.339 e. The van der Waals surface area contributed by atoms with E-state index in [0.29, 0.717) is 51.4 Å². The number of piperazine rings is 1. The molecule has 2 heterocycles. The summed E-state index contributed by atoms with van der Waals surface area (Å²) in [4.78, 5) is 27.8. The minimum atomic E-state index is -2.93. The Kier molecular flexibility index (Phi) is 5.47. The van der Waals surface area contributed by atoms with Gasteiger partial charge < -0.3 is 9.80 Å². The molecule has 2 aliphatic heterocycles. The Hall–Kier alpha value is -1.11. The molecule has 2 saturated heterocycles. The molecule has 0 radical (unpaired) electrons. The van der Waals surface area contributed by atoms with Gasteiger partial charge in [0, 0.05) is 39.0 Å². The predicted molar refractivity (Wildman–Crippen MR) is 84.0 cm³/mol. The van der Waals surface area contributed by atoms with Crippen molar-refractivity contribution in [2.75, 3.05) is 37.7 Å². The first kappa shape index (κ1) is 17.2. The molecule has 7 heteroatoms.